The van der Waals surface area contributed by atoms with Crippen LogP contribution in [0.5, 0.6) is 0 Å². The van der Waals surface area contributed by atoms with Gasteiger partial charge in [0.15, 0.2) is 0 Å². The summed E-state index contributed by atoms with van der Waals surface area (Å²) in [4.78, 5) is 2.67. The molecule has 0 aromatic carbocycles. The quantitative estimate of drug-likeness (QED) is 0.775. The third kappa shape index (κ3) is 5.31. The molecule has 1 N–H and O–H groups in total. The predicted molar refractivity (Wildman–Crippen MR) is 71.8 cm³/mol. The molecular weight excluding hydrogens is 196 g/mol. The molecule has 0 aliphatic carbocycles. The number of hydrogen-bond donors (Lipinski definition) is 1. The third-order valence-electron chi connectivity index (χ3n) is 3.67. The molecule has 0 spiro atoms. The van der Waals surface area contributed by atoms with Crippen molar-refractivity contribution in [3.63, 3.8) is 0 Å². The molecule has 1 saturated heterocycles. The first-order valence-corrected chi connectivity index (χ1v) is 7.19. The lowest BCUT2D eigenvalue weighted by Crippen LogP contribution is -2.45. The Morgan fingerprint density at radius 3 is 2.06 bits per heavy atom. The van der Waals surface area contributed by atoms with E-state index in [0.717, 1.165) is 12.5 Å². The molecule has 96 valence electrons. The fraction of sp³-hybridized carbons (Fsp3) is 1.00. The van der Waals surface area contributed by atoms with Crippen molar-refractivity contribution in [2.24, 2.45) is 5.92 Å². The van der Waals surface area contributed by atoms with Gasteiger partial charge in [-0.25, -0.2) is 0 Å². The van der Waals surface area contributed by atoms with Crippen LogP contribution in [-0.2, 0) is 0 Å². The van der Waals surface area contributed by atoms with E-state index in [9.17, 15) is 0 Å². The van der Waals surface area contributed by atoms with E-state index in [1.807, 2.05) is 0 Å². The SMILES string of the molecule is CCNC(CN1CCCCCCC1)C(C)C. The normalized spacial score (nSPS) is 21.8. The van der Waals surface area contributed by atoms with Crippen LogP contribution in [0, 0.1) is 5.92 Å². The van der Waals surface area contributed by atoms with Gasteiger partial charge in [0.25, 0.3) is 0 Å². The van der Waals surface area contributed by atoms with Gasteiger partial charge in [0, 0.05) is 12.6 Å². The highest BCUT2D eigenvalue weighted by Crippen LogP contribution is 2.12. The van der Waals surface area contributed by atoms with E-state index in [4.69, 9.17) is 0 Å². The second-order valence-electron chi connectivity index (χ2n) is 5.48. The van der Waals surface area contributed by atoms with Crippen molar-refractivity contribution in [3.8, 4) is 0 Å². The van der Waals surface area contributed by atoms with E-state index in [0.29, 0.717) is 6.04 Å². The maximum absolute atomic E-state index is 3.62. The molecule has 0 saturated carbocycles. The highest BCUT2D eigenvalue weighted by atomic mass is 15.1. The van der Waals surface area contributed by atoms with Crippen molar-refractivity contribution in [1.29, 1.82) is 0 Å². The summed E-state index contributed by atoms with van der Waals surface area (Å²) in [5.41, 5.74) is 0. The van der Waals surface area contributed by atoms with Gasteiger partial charge in [-0.15, -0.1) is 0 Å². The molecule has 1 aliphatic heterocycles. The fourth-order valence-electron chi connectivity index (χ4n) is 2.55. The number of hydrogen-bond acceptors (Lipinski definition) is 2. The summed E-state index contributed by atoms with van der Waals surface area (Å²) in [5.74, 6) is 0.741. The number of nitrogens with one attached hydrogen (secondary N) is 1. The average molecular weight is 226 g/mol. The highest BCUT2D eigenvalue weighted by molar-refractivity contribution is 4.75. The topological polar surface area (TPSA) is 15.3 Å². The molecule has 2 nitrogen and oxygen atoms in total. The van der Waals surface area contributed by atoms with E-state index in [-0.39, 0.29) is 0 Å². The first-order chi connectivity index (χ1) is 7.74. The van der Waals surface area contributed by atoms with E-state index in [2.05, 4.69) is 31.0 Å². The summed E-state index contributed by atoms with van der Waals surface area (Å²) < 4.78 is 0. The smallest absolute Gasteiger partial charge is 0.0217 e. The zero-order valence-electron chi connectivity index (χ0n) is 11.5. The van der Waals surface area contributed by atoms with Crippen molar-refractivity contribution in [1.82, 2.24) is 10.2 Å². The molecule has 1 unspecified atom stereocenters. The minimum Gasteiger partial charge on any atom is -0.313 e. The standard InChI is InChI=1S/C14H30N2/c1-4-15-14(13(2)3)12-16-10-8-6-5-7-9-11-16/h13-15H,4-12H2,1-3H3. The Labute approximate surface area is 102 Å². The summed E-state index contributed by atoms with van der Waals surface area (Å²) in [5, 5.41) is 3.62. The van der Waals surface area contributed by atoms with Gasteiger partial charge in [-0.2, -0.15) is 0 Å². The number of nitrogens with zero attached hydrogens (tertiary/aromatic N) is 1. The molecule has 1 aliphatic rings. The lowest BCUT2D eigenvalue weighted by molar-refractivity contribution is 0.203. The van der Waals surface area contributed by atoms with Gasteiger partial charge in [0.1, 0.15) is 0 Å². The van der Waals surface area contributed by atoms with E-state index in [1.165, 1.54) is 51.7 Å². The van der Waals surface area contributed by atoms with Crippen LogP contribution in [0.1, 0.15) is 52.9 Å². The largest absolute Gasteiger partial charge is 0.313 e. The second kappa shape index (κ2) is 8.08. The van der Waals surface area contributed by atoms with Crippen LogP contribution in [0.4, 0.5) is 0 Å². The molecule has 16 heavy (non-hydrogen) atoms. The Kier molecular flexibility index (Phi) is 7.06. The van der Waals surface area contributed by atoms with E-state index >= 15 is 0 Å². The Hall–Kier alpha value is -0.0800. The molecule has 1 rings (SSSR count). The molecule has 0 bridgehead atoms. The van der Waals surface area contributed by atoms with Crippen LogP contribution in [0.3, 0.4) is 0 Å². The Morgan fingerprint density at radius 2 is 1.56 bits per heavy atom. The second-order valence-corrected chi connectivity index (χ2v) is 5.48. The average Bonchev–Trinajstić information content (AvgIpc) is 2.20. The number of rotatable bonds is 5. The first-order valence-electron chi connectivity index (χ1n) is 7.19. The lowest BCUT2D eigenvalue weighted by atomic mass is 10.0. The highest BCUT2D eigenvalue weighted by Gasteiger charge is 2.16. The minimum atomic E-state index is 0.671. The van der Waals surface area contributed by atoms with Crippen LogP contribution in [-0.4, -0.2) is 37.1 Å². The maximum atomic E-state index is 3.62. The zero-order chi connectivity index (χ0) is 11.8. The molecule has 0 aromatic rings. The summed E-state index contributed by atoms with van der Waals surface area (Å²) in [6.45, 7) is 11.8. The Balaban J connectivity index is 2.35. The molecule has 0 amide bonds. The summed E-state index contributed by atoms with van der Waals surface area (Å²) in [6, 6.07) is 0.671. The molecule has 1 atom stereocenters. The van der Waals surface area contributed by atoms with E-state index in [1.54, 1.807) is 0 Å². The first kappa shape index (κ1) is 14.0. The molecule has 1 heterocycles. The fourth-order valence-corrected chi connectivity index (χ4v) is 2.55. The van der Waals surface area contributed by atoms with Gasteiger partial charge in [0.2, 0.25) is 0 Å². The number of likely N-dealkylation sites (tertiary alicyclic amines) is 1. The monoisotopic (exact) mass is 226 g/mol. The van der Waals surface area contributed by atoms with Gasteiger partial charge in [-0.1, -0.05) is 40.0 Å². The maximum Gasteiger partial charge on any atom is 0.0217 e. The van der Waals surface area contributed by atoms with Gasteiger partial charge < -0.3 is 10.2 Å². The summed E-state index contributed by atoms with van der Waals surface area (Å²) >= 11 is 0. The molecular formula is C14H30N2. The predicted octanol–water partition coefficient (Wildman–Crippen LogP) is 2.89. The van der Waals surface area contributed by atoms with Crippen LogP contribution in [0.25, 0.3) is 0 Å². The molecule has 0 aromatic heterocycles. The van der Waals surface area contributed by atoms with Crippen LogP contribution in [0.2, 0.25) is 0 Å². The zero-order valence-corrected chi connectivity index (χ0v) is 11.5. The van der Waals surface area contributed by atoms with Crippen molar-refractivity contribution in [2.45, 2.75) is 58.9 Å². The van der Waals surface area contributed by atoms with Gasteiger partial charge >= 0.3 is 0 Å². The third-order valence-corrected chi connectivity index (χ3v) is 3.67. The Bertz CT molecular complexity index is 160. The van der Waals surface area contributed by atoms with Gasteiger partial charge in [-0.05, 0) is 38.4 Å². The molecule has 0 radical (unpaired) electrons. The minimum absolute atomic E-state index is 0.671. The molecule has 2 heteroatoms. The van der Waals surface area contributed by atoms with E-state index < -0.39 is 0 Å². The van der Waals surface area contributed by atoms with Gasteiger partial charge in [0.05, 0.1) is 0 Å². The molecule has 1 fully saturated rings. The summed E-state index contributed by atoms with van der Waals surface area (Å²) in [6.07, 6.45) is 7.12. The van der Waals surface area contributed by atoms with Crippen molar-refractivity contribution < 1.29 is 0 Å². The summed E-state index contributed by atoms with van der Waals surface area (Å²) in [7, 11) is 0. The van der Waals surface area contributed by atoms with Gasteiger partial charge in [-0.3, -0.25) is 0 Å². The van der Waals surface area contributed by atoms with Crippen LogP contribution >= 0.6 is 0 Å². The lowest BCUT2D eigenvalue weighted by Gasteiger charge is -2.31. The Morgan fingerprint density at radius 1 is 1.00 bits per heavy atom. The van der Waals surface area contributed by atoms with Crippen molar-refractivity contribution >= 4 is 0 Å². The van der Waals surface area contributed by atoms with Crippen LogP contribution < -0.4 is 5.32 Å². The van der Waals surface area contributed by atoms with Crippen molar-refractivity contribution in [3.05, 3.63) is 0 Å². The number of likely N-dealkylation sites (N-methyl/N-ethyl adjacent to an activating group) is 1. The van der Waals surface area contributed by atoms with Crippen LogP contribution in [0.15, 0.2) is 0 Å². The van der Waals surface area contributed by atoms with Crippen molar-refractivity contribution in [2.75, 3.05) is 26.2 Å².